The molecule has 0 spiro atoms. The topological polar surface area (TPSA) is 71.3 Å². The highest BCUT2D eigenvalue weighted by atomic mass is 35.5. The largest absolute Gasteiger partial charge is 0.495 e. The Morgan fingerprint density at radius 3 is 2.57 bits per heavy atom. The molecule has 2 aromatic rings. The number of benzene rings is 2. The molecule has 0 unspecified atom stereocenters. The lowest BCUT2D eigenvalue weighted by molar-refractivity contribution is -0.112. The Kier molecular flexibility index (Phi) is 8.38. The van der Waals surface area contributed by atoms with Crippen LogP contribution in [0.15, 0.2) is 48.0 Å². The number of nitrogens with one attached hydrogen (secondary N) is 1. The van der Waals surface area contributed by atoms with Crippen LogP contribution in [-0.2, 0) is 4.79 Å². The summed E-state index contributed by atoms with van der Waals surface area (Å²) in [6.07, 6.45) is 4.84. The van der Waals surface area contributed by atoms with Crippen molar-refractivity contribution in [1.29, 1.82) is 5.26 Å². The predicted octanol–water partition coefficient (Wildman–Crippen LogP) is 5.46. The number of halogens is 1. The molecule has 0 bridgehead atoms. The van der Waals surface area contributed by atoms with E-state index in [2.05, 4.69) is 12.2 Å². The molecule has 2 rings (SSSR count). The van der Waals surface area contributed by atoms with Crippen LogP contribution in [0, 0.1) is 11.3 Å². The summed E-state index contributed by atoms with van der Waals surface area (Å²) >= 11 is 6.06. The monoisotopic (exact) mass is 398 g/mol. The van der Waals surface area contributed by atoms with Crippen LogP contribution in [0.4, 0.5) is 5.69 Å². The van der Waals surface area contributed by atoms with Crippen LogP contribution in [0.1, 0.15) is 31.7 Å². The molecule has 0 atom stereocenters. The fraction of sp³-hybridized carbons (Fsp3) is 0.273. The first-order chi connectivity index (χ1) is 13.6. The molecule has 0 aromatic heterocycles. The molecule has 2 aromatic carbocycles. The summed E-state index contributed by atoms with van der Waals surface area (Å²) in [5.74, 6) is 0.764. The molecule has 0 aliphatic heterocycles. The Bertz CT molecular complexity index is 870. The van der Waals surface area contributed by atoms with Crippen LogP contribution in [0.5, 0.6) is 11.5 Å². The highest BCUT2D eigenvalue weighted by molar-refractivity contribution is 6.32. The number of hydrogen-bond donors (Lipinski definition) is 1. The standard InChI is InChI=1S/C22H23ClN2O3/c1-3-4-5-12-28-19-9-6-16(7-10-19)13-17(15-24)22(26)25-18-8-11-21(27-2)20(23)14-18/h6-11,13-14H,3-5,12H2,1-2H3,(H,25,26)/b17-13+. The van der Waals surface area contributed by atoms with Crippen molar-refractivity contribution in [2.75, 3.05) is 19.0 Å². The number of nitrogens with zero attached hydrogens (tertiary/aromatic N) is 1. The first kappa shape index (κ1) is 21.3. The van der Waals surface area contributed by atoms with Gasteiger partial charge in [-0.2, -0.15) is 5.26 Å². The summed E-state index contributed by atoms with van der Waals surface area (Å²) in [5, 5.41) is 12.4. The van der Waals surface area contributed by atoms with Gasteiger partial charge in [0, 0.05) is 5.69 Å². The molecule has 0 heterocycles. The predicted molar refractivity (Wildman–Crippen MR) is 112 cm³/mol. The van der Waals surface area contributed by atoms with Crippen molar-refractivity contribution in [3.63, 3.8) is 0 Å². The van der Waals surface area contributed by atoms with Crippen LogP contribution >= 0.6 is 11.6 Å². The van der Waals surface area contributed by atoms with Gasteiger partial charge in [-0.3, -0.25) is 4.79 Å². The minimum Gasteiger partial charge on any atom is -0.495 e. The average Bonchev–Trinajstić information content (AvgIpc) is 2.70. The van der Waals surface area contributed by atoms with Gasteiger partial charge in [0.15, 0.2) is 0 Å². The van der Waals surface area contributed by atoms with Gasteiger partial charge >= 0.3 is 0 Å². The smallest absolute Gasteiger partial charge is 0.266 e. The molecule has 1 amide bonds. The molecule has 0 radical (unpaired) electrons. The van der Waals surface area contributed by atoms with Crippen molar-refractivity contribution in [2.45, 2.75) is 26.2 Å². The third-order valence-electron chi connectivity index (χ3n) is 3.98. The summed E-state index contributed by atoms with van der Waals surface area (Å²) in [6, 6.07) is 14.1. The Labute approximate surface area is 170 Å². The molecule has 0 saturated carbocycles. The molecule has 146 valence electrons. The van der Waals surface area contributed by atoms with Gasteiger partial charge < -0.3 is 14.8 Å². The number of anilines is 1. The van der Waals surface area contributed by atoms with Crippen LogP contribution in [0.3, 0.4) is 0 Å². The highest BCUT2D eigenvalue weighted by Gasteiger charge is 2.11. The number of nitriles is 1. The molecule has 1 N–H and O–H groups in total. The van der Waals surface area contributed by atoms with Crippen molar-refractivity contribution in [3.05, 3.63) is 58.6 Å². The van der Waals surface area contributed by atoms with Gasteiger partial charge in [0.1, 0.15) is 23.1 Å². The Morgan fingerprint density at radius 1 is 1.21 bits per heavy atom. The maximum atomic E-state index is 12.4. The molecule has 28 heavy (non-hydrogen) atoms. The molecular formula is C22H23ClN2O3. The van der Waals surface area contributed by atoms with Crippen molar-refractivity contribution >= 4 is 29.3 Å². The second-order valence-electron chi connectivity index (χ2n) is 6.10. The van der Waals surface area contributed by atoms with E-state index in [0.717, 1.165) is 30.6 Å². The Morgan fingerprint density at radius 2 is 1.96 bits per heavy atom. The average molecular weight is 399 g/mol. The molecule has 0 fully saturated rings. The third-order valence-corrected chi connectivity index (χ3v) is 4.28. The fourth-order valence-corrected chi connectivity index (χ4v) is 2.72. The molecule has 0 aliphatic rings. The van der Waals surface area contributed by atoms with Gasteiger partial charge in [0.2, 0.25) is 0 Å². The molecule has 5 nitrogen and oxygen atoms in total. The lowest BCUT2D eigenvalue weighted by Crippen LogP contribution is -2.13. The maximum absolute atomic E-state index is 12.4. The first-order valence-corrected chi connectivity index (χ1v) is 9.44. The van der Waals surface area contributed by atoms with Gasteiger partial charge in [0.05, 0.1) is 18.7 Å². The lowest BCUT2D eigenvalue weighted by atomic mass is 10.1. The Hall–Kier alpha value is -2.97. The van der Waals surface area contributed by atoms with Gasteiger partial charge in [0.25, 0.3) is 5.91 Å². The van der Waals surface area contributed by atoms with E-state index in [0.29, 0.717) is 23.1 Å². The summed E-state index contributed by atoms with van der Waals surface area (Å²) in [5.41, 5.74) is 1.21. The number of ether oxygens (including phenoxy) is 2. The minimum absolute atomic E-state index is 0.0106. The van der Waals surface area contributed by atoms with Gasteiger partial charge in [-0.05, 0) is 48.4 Å². The van der Waals surface area contributed by atoms with Crippen molar-refractivity contribution in [1.82, 2.24) is 0 Å². The molecule has 0 saturated heterocycles. The van der Waals surface area contributed by atoms with E-state index < -0.39 is 5.91 Å². The number of carbonyl (C=O) groups is 1. The molecular weight excluding hydrogens is 376 g/mol. The number of rotatable bonds is 9. The maximum Gasteiger partial charge on any atom is 0.266 e. The minimum atomic E-state index is -0.511. The van der Waals surface area contributed by atoms with E-state index in [1.54, 1.807) is 18.2 Å². The number of hydrogen-bond acceptors (Lipinski definition) is 4. The summed E-state index contributed by atoms with van der Waals surface area (Å²) in [4.78, 5) is 12.4. The zero-order valence-corrected chi connectivity index (χ0v) is 16.8. The summed E-state index contributed by atoms with van der Waals surface area (Å²) in [7, 11) is 1.51. The quantitative estimate of drug-likeness (QED) is 0.345. The van der Waals surface area contributed by atoms with Crippen molar-refractivity contribution in [3.8, 4) is 17.6 Å². The zero-order chi connectivity index (χ0) is 20.4. The highest BCUT2D eigenvalue weighted by Crippen LogP contribution is 2.27. The molecule has 6 heteroatoms. The normalized spacial score (nSPS) is 10.9. The van der Waals surface area contributed by atoms with Gasteiger partial charge in [-0.1, -0.05) is 43.5 Å². The van der Waals surface area contributed by atoms with Crippen LogP contribution in [0.25, 0.3) is 6.08 Å². The second-order valence-corrected chi connectivity index (χ2v) is 6.51. The van der Waals surface area contributed by atoms with E-state index >= 15 is 0 Å². The fourth-order valence-electron chi connectivity index (χ4n) is 2.46. The van der Waals surface area contributed by atoms with E-state index in [1.807, 2.05) is 30.3 Å². The first-order valence-electron chi connectivity index (χ1n) is 9.07. The van der Waals surface area contributed by atoms with Crippen molar-refractivity contribution in [2.24, 2.45) is 0 Å². The van der Waals surface area contributed by atoms with Crippen LogP contribution in [-0.4, -0.2) is 19.6 Å². The third kappa shape index (κ3) is 6.33. The Balaban J connectivity index is 2.03. The number of carbonyl (C=O) groups excluding carboxylic acids is 1. The van der Waals surface area contributed by atoms with Crippen molar-refractivity contribution < 1.29 is 14.3 Å². The zero-order valence-electron chi connectivity index (χ0n) is 16.0. The van der Waals surface area contributed by atoms with Gasteiger partial charge in [-0.25, -0.2) is 0 Å². The van der Waals surface area contributed by atoms with Crippen LogP contribution < -0.4 is 14.8 Å². The lowest BCUT2D eigenvalue weighted by Gasteiger charge is -2.08. The van der Waals surface area contributed by atoms with E-state index in [9.17, 15) is 10.1 Å². The second kappa shape index (κ2) is 11.0. The van der Waals surface area contributed by atoms with E-state index in [4.69, 9.17) is 21.1 Å². The van der Waals surface area contributed by atoms with Gasteiger partial charge in [-0.15, -0.1) is 0 Å². The molecule has 0 aliphatic carbocycles. The SMILES string of the molecule is CCCCCOc1ccc(/C=C(\C#N)C(=O)Nc2ccc(OC)c(Cl)c2)cc1. The van der Waals surface area contributed by atoms with E-state index in [1.165, 1.54) is 13.2 Å². The van der Waals surface area contributed by atoms with Crippen LogP contribution in [0.2, 0.25) is 5.02 Å². The summed E-state index contributed by atoms with van der Waals surface area (Å²) < 4.78 is 10.7. The number of methoxy groups -OCH3 is 1. The van der Waals surface area contributed by atoms with E-state index in [-0.39, 0.29) is 5.57 Å². The number of amides is 1. The summed E-state index contributed by atoms with van der Waals surface area (Å²) in [6.45, 7) is 2.83. The number of unbranched alkanes of at least 4 members (excludes halogenated alkanes) is 2.